The number of nitriles is 2. The van der Waals surface area contributed by atoms with Crippen molar-refractivity contribution in [3.63, 3.8) is 0 Å². The second kappa shape index (κ2) is 9.70. The van der Waals surface area contributed by atoms with Crippen LogP contribution in [0, 0.1) is 22.7 Å². The number of ether oxygens (including phenoxy) is 1. The Bertz CT molecular complexity index is 460. The lowest BCUT2D eigenvalue weighted by Crippen LogP contribution is -2.36. The summed E-state index contributed by atoms with van der Waals surface area (Å²) in [6.07, 6.45) is 1.55. The van der Waals surface area contributed by atoms with Crippen LogP contribution in [0.15, 0.2) is 10.6 Å². The lowest BCUT2D eigenvalue weighted by molar-refractivity contribution is -0.144. The average molecular weight is 297 g/mol. The van der Waals surface area contributed by atoms with Crippen LogP contribution in [0.3, 0.4) is 0 Å². The van der Waals surface area contributed by atoms with E-state index in [1.54, 1.807) is 25.3 Å². The molecule has 0 saturated heterocycles. The van der Waals surface area contributed by atoms with E-state index in [0.717, 1.165) is 11.8 Å². The first-order chi connectivity index (χ1) is 9.49. The van der Waals surface area contributed by atoms with Gasteiger partial charge in [0.2, 0.25) is 0 Å². The predicted molar refractivity (Wildman–Crippen MR) is 72.2 cm³/mol. The van der Waals surface area contributed by atoms with Gasteiger partial charge in [0.1, 0.15) is 18.2 Å². The normalized spacial score (nSPS) is 10.6. The Morgan fingerprint density at radius 1 is 1.40 bits per heavy atom. The zero-order chi connectivity index (χ0) is 15.5. The number of carbonyl (C=O) groups is 2. The number of carbonyl (C=O) groups excluding carboxylic acids is 1. The van der Waals surface area contributed by atoms with E-state index in [2.05, 4.69) is 5.32 Å². The van der Waals surface area contributed by atoms with Gasteiger partial charge in [-0.05, 0) is 19.6 Å². The Kier molecular flexibility index (Phi) is 8.64. The van der Waals surface area contributed by atoms with E-state index >= 15 is 0 Å². The lowest BCUT2D eigenvalue weighted by atomic mass is 10.1. The molecule has 0 unspecified atom stereocenters. The van der Waals surface area contributed by atoms with Crippen molar-refractivity contribution in [2.45, 2.75) is 25.8 Å². The molecule has 0 radical (unpaired) electrons. The maximum Gasteiger partial charge on any atom is 0.326 e. The number of hydrogen-bond donors (Lipinski definition) is 2. The molecule has 2 N–H and O–H groups in total. The SMILES string of the molecule is CCOC(=O)CC[C@H](NC(SC)=C(C#N)C#N)C(=O)O. The van der Waals surface area contributed by atoms with Crippen LogP contribution in [0.2, 0.25) is 0 Å². The molecule has 0 aliphatic rings. The molecule has 0 aromatic rings. The summed E-state index contributed by atoms with van der Waals surface area (Å²) in [6.45, 7) is 1.89. The number of hydrogen-bond acceptors (Lipinski definition) is 7. The summed E-state index contributed by atoms with van der Waals surface area (Å²) in [6, 6.07) is 2.29. The fourth-order valence-electron chi connectivity index (χ4n) is 1.27. The Morgan fingerprint density at radius 2 is 2.00 bits per heavy atom. The van der Waals surface area contributed by atoms with Gasteiger partial charge in [0.05, 0.1) is 11.6 Å². The summed E-state index contributed by atoms with van der Waals surface area (Å²) in [5, 5.41) is 29.4. The molecule has 0 fully saturated rings. The minimum absolute atomic E-state index is 0.00235. The molecule has 0 saturated carbocycles. The van der Waals surface area contributed by atoms with Gasteiger partial charge in [0, 0.05) is 6.42 Å². The van der Waals surface area contributed by atoms with Gasteiger partial charge < -0.3 is 15.2 Å². The molecular formula is C12H15N3O4S. The smallest absolute Gasteiger partial charge is 0.326 e. The van der Waals surface area contributed by atoms with E-state index in [4.69, 9.17) is 20.4 Å². The van der Waals surface area contributed by atoms with Crippen molar-refractivity contribution in [3.05, 3.63) is 10.6 Å². The zero-order valence-electron chi connectivity index (χ0n) is 11.2. The quantitative estimate of drug-likeness (QED) is 0.502. The molecule has 0 aromatic heterocycles. The van der Waals surface area contributed by atoms with Crippen molar-refractivity contribution in [2.24, 2.45) is 0 Å². The Hall–Kier alpha value is -2.19. The summed E-state index contributed by atoms with van der Waals surface area (Å²) in [5.41, 5.74) is -0.195. The van der Waals surface area contributed by atoms with Crippen molar-refractivity contribution >= 4 is 23.7 Å². The van der Waals surface area contributed by atoms with Crippen molar-refractivity contribution in [3.8, 4) is 12.1 Å². The number of carboxylic acids is 1. The first-order valence-corrected chi connectivity index (χ1v) is 6.96. The number of esters is 1. The molecule has 0 rings (SSSR count). The van der Waals surface area contributed by atoms with Gasteiger partial charge in [-0.15, -0.1) is 11.8 Å². The molecule has 0 aromatic carbocycles. The van der Waals surface area contributed by atoms with Gasteiger partial charge in [-0.2, -0.15) is 10.5 Å². The zero-order valence-corrected chi connectivity index (χ0v) is 12.0. The summed E-state index contributed by atoms with van der Waals surface area (Å²) < 4.78 is 4.71. The minimum atomic E-state index is -1.17. The highest BCUT2D eigenvalue weighted by Gasteiger charge is 2.21. The van der Waals surface area contributed by atoms with E-state index in [1.807, 2.05) is 0 Å². The molecule has 0 spiro atoms. The molecule has 8 heteroatoms. The predicted octanol–water partition coefficient (Wildman–Crippen LogP) is 0.994. The van der Waals surface area contributed by atoms with Crippen molar-refractivity contribution in [2.75, 3.05) is 12.9 Å². The van der Waals surface area contributed by atoms with E-state index in [0.29, 0.717) is 0 Å². The number of aliphatic carboxylic acids is 1. The summed E-state index contributed by atoms with van der Waals surface area (Å²) in [7, 11) is 0. The van der Waals surface area contributed by atoms with Crippen LogP contribution >= 0.6 is 11.8 Å². The van der Waals surface area contributed by atoms with Crippen LogP contribution in [0.25, 0.3) is 0 Å². The van der Waals surface area contributed by atoms with Crippen LogP contribution in [-0.4, -0.2) is 35.9 Å². The maximum atomic E-state index is 11.2. The monoisotopic (exact) mass is 297 g/mol. The third-order valence-corrected chi connectivity index (χ3v) is 2.93. The topological polar surface area (TPSA) is 123 Å². The number of nitrogens with one attached hydrogen (secondary N) is 1. The lowest BCUT2D eigenvalue weighted by Gasteiger charge is -2.16. The molecule has 0 aliphatic carbocycles. The molecular weight excluding hydrogens is 282 g/mol. The fourth-order valence-corrected chi connectivity index (χ4v) is 1.83. The standard InChI is InChI=1S/C12H15N3O4S/c1-3-19-10(16)5-4-9(12(17)18)15-11(20-2)8(6-13)7-14/h9,15H,3-5H2,1-2H3,(H,17,18)/t9-/m0/s1. The van der Waals surface area contributed by atoms with E-state index in [1.165, 1.54) is 0 Å². The maximum absolute atomic E-state index is 11.2. The third kappa shape index (κ3) is 6.12. The molecule has 0 heterocycles. The second-order valence-electron chi connectivity index (χ2n) is 3.51. The molecule has 1 atom stereocenters. The third-order valence-electron chi connectivity index (χ3n) is 2.20. The second-order valence-corrected chi connectivity index (χ2v) is 4.33. The van der Waals surface area contributed by atoms with Crippen LogP contribution in [0.4, 0.5) is 0 Å². The van der Waals surface area contributed by atoms with E-state index in [9.17, 15) is 9.59 Å². The van der Waals surface area contributed by atoms with Gasteiger partial charge in [0.25, 0.3) is 0 Å². The van der Waals surface area contributed by atoms with Gasteiger partial charge >= 0.3 is 11.9 Å². The van der Waals surface area contributed by atoms with E-state index in [-0.39, 0.29) is 30.1 Å². The average Bonchev–Trinajstić information content (AvgIpc) is 2.42. The van der Waals surface area contributed by atoms with Crippen LogP contribution in [0.1, 0.15) is 19.8 Å². The van der Waals surface area contributed by atoms with Crippen molar-refractivity contribution < 1.29 is 19.4 Å². The Morgan fingerprint density at radius 3 is 2.40 bits per heavy atom. The van der Waals surface area contributed by atoms with Gasteiger partial charge in [-0.25, -0.2) is 4.79 Å². The Labute approximate surface area is 121 Å². The summed E-state index contributed by atoms with van der Waals surface area (Å²) in [5.74, 6) is -1.66. The molecule has 7 nitrogen and oxygen atoms in total. The molecule has 0 amide bonds. The number of allylic oxidation sites excluding steroid dienone is 1. The largest absolute Gasteiger partial charge is 0.480 e. The van der Waals surface area contributed by atoms with Crippen LogP contribution in [-0.2, 0) is 14.3 Å². The highest BCUT2D eigenvalue weighted by atomic mass is 32.2. The Balaban J connectivity index is 4.84. The minimum Gasteiger partial charge on any atom is -0.480 e. The van der Waals surface area contributed by atoms with Crippen molar-refractivity contribution in [1.82, 2.24) is 5.32 Å². The van der Waals surface area contributed by atoms with Gasteiger partial charge in [0.15, 0.2) is 5.57 Å². The molecule has 0 bridgehead atoms. The highest BCUT2D eigenvalue weighted by Crippen LogP contribution is 2.15. The molecule has 20 heavy (non-hydrogen) atoms. The van der Waals surface area contributed by atoms with Gasteiger partial charge in [-0.3, -0.25) is 4.79 Å². The van der Waals surface area contributed by atoms with Crippen LogP contribution in [0.5, 0.6) is 0 Å². The summed E-state index contributed by atoms with van der Waals surface area (Å²) >= 11 is 1.06. The van der Waals surface area contributed by atoms with E-state index < -0.39 is 18.0 Å². The van der Waals surface area contributed by atoms with Crippen LogP contribution < -0.4 is 5.32 Å². The first kappa shape index (κ1) is 17.8. The van der Waals surface area contributed by atoms with Crippen molar-refractivity contribution in [1.29, 1.82) is 10.5 Å². The highest BCUT2D eigenvalue weighted by molar-refractivity contribution is 8.02. The van der Waals surface area contributed by atoms with Gasteiger partial charge in [-0.1, -0.05) is 0 Å². The molecule has 108 valence electrons. The number of thioether (sulfide) groups is 1. The summed E-state index contributed by atoms with van der Waals surface area (Å²) in [4.78, 5) is 22.3. The molecule has 0 aliphatic heterocycles. The fraction of sp³-hybridized carbons (Fsp3) is 0.500. The number of rotatable bonds is 8. The number of carboxylic acid groups (broad SMARTS) is 1. The first-order valence-electron chi connectivity index (χ1n) is 5.73. The number of nitrogens with zero attached hydrogens (tertiary/aromatic N) is 2.